The number of carboxylic acid groups (broad SMARTS) is 1. The Bertz CT molecular complexity index is 1040. The first kappa shape index (κ1) is 25.9. The first-order valence-corrected chi connectivity index (χ1v) is 12.0. The summed E-state index contributed by atoms with van der Waals surface area (Å²) in [5.41, 5.74) is 2.53. The minimum Gasteiger partial charge on any atom is -0.480 e. The lowest BCUT2D eigenvalue weighted by atomic mass is 9.91. The van der Waals surface area contributed by atoms with Gasteiger partial charge < -0.3 is 20.5 Å². The summed E-state index contributed by atoms with van der Waals surface area (Å²) in [4.78, 5) is 36.4. The Morgan fingerprint density at radius 1 is 1.17 bits per heavy atom. The van der Waals surface area contributed by atoms with Gasteiger partial charge in [0.05, 0.1) is 5.56 Å². The molecule has 3 atom stereocenters. The quantitative estimate of drug-likeness (QED) is 0.442. The van der Waals surface area contributed by atoms with Crippen LogP contribution in [0.15, 0.2) is 72.1 Å². The fourth-order valence-corrected chi connectivity index (χ4v) is 4.08. The van der Waals surface area contributed by atoms with Crippen molar-refractivity contribution in [1.82, 2.24) is 10.6 Å². The number of nitrogens with zero attached hydrogens (tertiary/aromatic N) is 1. The van der Waals surface area contributed by atoms with Crippen LogP contribution < -0.4 is 15.2 Å². The van der Waals surface area contributed by atoms with E-state index in [0.717, 1.165) is 31.3 Å². The molecule has 2 aliphatic rings. The number of hydrogen-bond acceptors (Lipinski definition) is 4. The van der Waals surface area contributed by atoms with Crippen LogP contribution in [0, 0.1) is 5.92 Å². The second-order valence-corrected chi connectivity index (χ2v) is 9.13. The average molecular weight is 481 g/mol. The van der Waals surface area contributed by atoms with Gasteiger partial charge in [-0.15, -0.1) is 0 Å². The van der Waals surface area contributed by atoms with Gasteiger partial charge in [0.2, 0.25) is 0 Å². The molecule has 1 unspecified atom stereocenters. The molecule has 0 aliphatic heterocycles. The summed E-state index contributed by atoms with van der Waals surface area (Å²) in [5.74, 6) is -1.19. The lowest BCUT2D eigenvalue weighted by molar-refractivity contribution is -0.727. The second-order valence-electron chi connectivity index (χ2n) is 9.13. The van der Waals surface area contributed by atoms with Crippen LogP contribution in [0.25, 0.3) is 0 Å². The zero-order valence-corrected chi connectivity index (χ0v) is 20.3. The summed E-state index contributed by atoms with van der Waals surface area (Å²) in [6.07, 6.45) is 18.9. The molecular formula is C27H34N3O5+. The third-order valence-corrected chi connectivity index (χ3v) is 5.90. The largest absolute Gasteiger partial charge is 0.480 e. The summed E-state index contributed by atoms with van der Waals surface area (Å²) < 4.78 is 6.88. The van der Waals surface area contributed by atoms with Crippen LogP contribution in [0.1, 0.15) is 56.3 Å². The first-order chi connectivity index (χ1) is 16.8. The van der Waals surface area contributed by atoms with E-state index in [1.165, 1.54) is 5.57 Å². The number of nitrogens with one attached hydrogen (secondary N) is 2. The molecule has 1 aromatic rings. The SMILES string of the molecule is CC1C=CC=C(C[C@H](NC(=O)c2cc[n+](COC(=O)N[C@@H](C)CC3=CCCC=C3)cc2)C(=O)O)C1. The number of amides is 2. The van der Waals surface area contributed by atoms with Crippen LogP contribution in [0.5, 0.6) is 0 Å². The van der Waals surface area contributed by atoms with E-state index in [-0.39, 0.29) is 19.2 Å². The van der Waals surface area contributed by atoms with Gasteiger partial charge in [-0.25, -0.2) is 9.59 Å². The van der Waals surface area contributed by atoms with E-state index in [0.29, 0.717) is 11.5 Å². The highest BCUT2D eigenvalue weighted by atomic mass is 16.6. The normalized spacial score (nSPS) is 18.6. The number of carbonyl (C=O) groups excluding carboxylic acids is 2. The van der Waals surface area contributed by atoms with E-state index in [1.54, 1.807) is 29.1 Å². The number of allylic oxidation sites excluding steroid dienone is 6. The molecule has 0 saturated heterocycles. The van der Waals surface area contributed by atoms with E-state index < -0.39 is 24.0 Å². The average Bonchev–Trinajstić information content (AvgIpc) is 2.83. The molecule has 1 aromatic heterocycles. The molecule has 8 nitrogen and oxygen atoms in total. The van der Waals surface area contributed by atoms with Gasteiger partial charge in [-0.2, -0.15) is 4.57 Å². The third kappa shape index (κ3) is 8.55. The standard InChI is InChI=1S/C27H33N3O5/c1-19-7-6-10-22(15-19)17-24(26(32)33)29-25(31)23-11-13-30(14-12-23)18-35-27(34)28-20(2)16-21-8-4-3-5-9-21/h4,6-14,19-20,24H,3,5,15-18H2,1-2H3,(H2-,28,29,31,32,33,34)/p+1/t19?,20-,24-/m0/s1. The summed E-state index contributed by atoms with van der Waals surface area (Å²) in [7, 11) is 0. The van der Waals surface area contributed by atoms with Crippen molar-refractivity contribution in [3.05, 3.63) is 77.7 Å². The number of carboxylic acids is 1. The first-order valence-electron chi connectivity index (χ1n) is 12.0. The van der Waals surface area contributed by atoms with Crippen molar-refractivity contribution >= 4 is 18.0 Å². The molecule has 0 aromatic carbocycles. The van der Waals surface area contributed by atoms with Crippen molar-refractivity contribution in [3.8, 4) is 0 Å². The highest BCUT2D eigenvalue weighted by Crippen LogP contribution is 2.22. The molecule has 3 N–H and O–H groups in total. The predicted octanol–water partition coefficient (Wildman–Crippen LogP) is 3.81. The minimum absolute atomic E-state index is 0.0132. The van der Waals surface area contributed by atoms with Gasteiger partial charge >= 0.3 is 12.1 Å². The van der Waals surface area contributed by atoms with E-state index in [9.17, 15) is 19.5 Å². The van der Waals surface area contributed by atoms with E-state index in [1.807, 2.05) is 19.1 Å². The van der Waals surface area contributed by atoms with Gasteiger partial charge in [0.25, 0.3) is 12.6 Å². The van der Waals surface area contributed by atoms with Crippen LogP contribution in [-0.4, -0.2) is 35.2 Å². The van der Waals surface area contributed by atoms with Gasteiger partial charge in [-0.3, -0.25) is 4.79 Å². The Morgan fingerprint density at radius 3 is 2.60 bits per heavy atom. The number of hydrogen-bond donors (Lipinski definition) is 3. The van der Waals surface area contributed by atoms with Gasteiger partial charge in [0.1, 0.15) is 6.04 Å². The fraction of sp³-hybridized carbons (Fsp3) is 0.407. The monoisotopic (exact) mass is 480 g/mol. The zero-order valence-electron chi connectivity index (χ0n) is 20.3. The molecule has 0 radical (unpaired) electrons. The lowest BCUT2D eigenvalue weighted by Gasteiger charge is -2.19. The molecule has 2 aliphatic carbocycles. The van der Waals surface area contributed by atoms with Gasteiger partial charge in [-0.1, -0.05) is 54.5 Å². The Morgan fingerprint density at radius 2 is 1.94 bits per heavy atom. The molecule has 3 rings (SSSR count). The van der Waals surface area contributed by atoms with Gasteiger partial charge in [0.15, 0.2) is 12.4 Å². The van der Waals surface area contributed by atoms with E-state index >= 15 is 0 Å². The molecule has 0 saturated carbocycles. The number of carbonyl (C=O) groups is 3. The highest BCUT2D eigenvalue weighted by Gasteiger charge is 2.23. The molecular weight excluding hydrogens is 446 g/mol. The van der Waals surface area contributed by atoms with Crippen molar-refractivity contribution in [2.45, 2.75) is 64.8 Å². The van der Waals surface area contributed by atoms with Crippen LogP contribution in [0.3, 0.4) is 0 Å². The third-order valence-electron chi connectivity index (χ3n) is 5.90. The van der Waals surface area contributed by atoms with Crippen LogP contribution in [0.4, 0.5) is 4.79 Å². The molecule has 2 amide bonds. The second kappa shape index (κ2) is 12.7. The van der Waals surface area contributed by atoms with Crippen molar-refractivity contribution in [1.29, 1.82) is 0 Å². The zero-order chi connectivity index (χ0) is 25.2. The fourth-order valence-electron chi connectivity index (χ4n) is 4.08. The molecule has 0 bridgehead atoms. The topological polar surface area (TPSA) is 109 Å². The van der Waals surface area contributed by atoms with Crippen LogP contribution in [-0.2, 0) is 16.3 Å². The van der Waals surface area contributed by atoms with Crippen molar-refractivity contribution in [2.75, 3.05) is 0 Å². The summed E-state index contributed by atoms with van der Waals surface area (Å²) in [5, 5.41) is 15.0. The number of aliphatic carboxylic acids is 1. The van der Waals surface area contributed by atoms with Crippen molar-refractivity contribution < 1.29 is 28.8 Å². The highest BCUT2D eigenvalue weighted by molar-refractivity contribution is 5.96. The number of pyridine rings is 1. The van der Waals surface area contributed by atoms with Crippen molar-refractivity contribution in [2.24, 2.45) is 5.92 Å². The molecule has 186 valence electrons. The molecule has 35 heavy (non-hydrogen) atoms. The van der Waals surface area contributed by atoms with Gasteiger partial charge in [0, 0.05) is 18.2 Å². The van der Waals surface area contributed by atoms with E-state index in [4.69, 9.17) is 4.74 Å². The van der Waals surface area contributed by atoms with E-state index in [2.05, 4.69) is 41.9 Å². The maximum Gasteiger partial charge on any atom is 0.412 e. The molecule has 0 spiro atoms. The maximum atomic E-state index is 12.6. The lowest BCUT2D eigenvalue weighted by Crippen LogP contribution is -2.42. The summed E-state index contributed by atoms with van der Waals surface area (Å²) in [6, 6.07) is 2.06. The van der Waals surface area contributed by atoms with Gasteiger partial charge in [-0.05, 0) is 44.9 Å². The van der Waals surface area contributed by atoms with Crippen molar-refractivity contribution in [3.63, 3.8) is 0 Å². The number of alkyl carbamates (subject to hydrolysis) is 1. The molecule has 0 fully saturated rings. The number of aromatic nitrogens is 1. The van der Waals surface area contributed by atoms with Crippen LogP contribution >= 0.6 is 0 Å². The Balaban J connectivity index is 1.46. The smallest absolute Gasteiger partial charge is 0.412 e. The Hall–Kier alpha value is -3.68. The minimum atomic E-state index is -1.07. The Kier molecular flexibility index (Phi) is 9.40. The maximum absolute atomic E-state index is 12.6. The summed E-state index contributed by atoms with van der Waals surface area (Å²) >= 11 is 0. The number of ether oxygens (including phenoxy) is 1. The predicted molar refractivity (Wildman–Crippen MR) is 131 cm³/mol. The number of rotatable bonds is 10. The molecule has 8 heteroatoms. The summed E-state index contributed by atoms with van der Waals surface area (Å²) in [6.45, 7) is 3.98. The molecule has 1 heterocycles. The van der Waals surface area contributed by atoms with Crippen LogP contribution in [0.2, 0.25) is 0 Å². The Labute approximate surface area is 206 Å².